The molecule has 0 N–H and O–H groups in total. The molecule has 0 saturated carbocycles. The van der Waals surface area contributed by atoms with E-state index < -0.39 is 27.5 Å². The molecule has 0 spiro atoms. The Morgan fingerprint density at radius 1 is 1.39 bits per heavy atom. The summed E-state index contributed by atoms with van der Waals surface area (Å²) in [7, 11) is -4.27. The Kier molecular flexibility index (Phi) is 4.60. The van der Waals surface area contributed by atoms with Crippen LogP contribution in [-0.4, -0.2) is 43.9 Å². The Hall–Kier alpha value is -0.830. The molecule has 1 fully saturated rings. The molecule has 0 aromatic carbocycles. The van der Waals surface area contributed by atoms with Gasteiger partial charge in [-0.1, -0.05) is 6.42 Å². The maximum atomic E-state index is 12.5. The van der Waals surface area contributed by atoms with Crippen molar-refractivity contribution in [3.05, 3.63) is 0 Å². The van der Waals surface area contributed by atoms with Crippen molar-refractivity contribution in [3.63, 3.8) is 0 Å². The molecule has 9 heteroatoms. The number of hydrogen-bond acceptors (Lipinski definition) is 4. The summed E-state index contributed by atoms with van der Waals surface area (Å²) in [5.74, 6) is -0.718. The summed E-state index contributed by atoms with van der Waals surface area (Å²) in [5, 5.41) is 0. The number of methoxy groups -OCH3 is 1. The van der Waals surface area contributed by atoms with E-state index in [0.717, 1.165) is 7.11 Å². The molecule has 0 amide bonds. The van der Waals surface area contributed by atoms with E-state index in [0.29, 0.717) is 17.1 Å². The van der Waals surface area contributed by atoms with E-state index in [1.807, 2.05) is 0 Å². The number of rotatable bonds is 3. The van der Waals surface area contributed by atoms with Crippen LogP contribution in [0.1, 0.15) is 25.7 Å². The van der Waals surface area contributed by atoms with E-state index in [9.17, 15) is 26.4 Å². The average molecular weight is 289 g/mol. The Balaban J connectivity index is 2.93. The molecular weight excluding hydrogens is 275 g/mol. The van der Waals surface area contributed by atoms with Gasteiger partial charge < -0.3 is 4.74 Å². The molecular formula is C9H14F3NO4S. The van der Waals surface area contributed by atoms with E-state index in [1.54, 1.807) is 0 Å². The van der Waals surface area contributed by atoms with Gasteiger partial charge in [-0.05, 0) is 12.8 Å². The summed E-state index contributed by atoms with van der Waals surface area (Å²) in [4.78, 5) is 11.1. The van der Waals surface area contributed by atoms with Crippen LogP contribution in [0.4, 0.5) is 13.2 Å². The fourth-order valence-electron chi connectivity index (χ4n) is 1.90. The second kappa shape index (κ2) is 5.43. The predicted molar refractivity (Wildman–Crippen MR) is 56.0 cm³/mol. The van der Waals surface area contributed by atoms with Gasteiger partial charge in [-0.3, -0.25) is 4.79 Å². The first-order chi connectivity index (χ1) is 8.20. The number of sulfonamides is 1. The molecule has 1 rings (SSSR count). The maximum absolute atomic E-state index is 12.5. The molecule has 0 aliphatic carbocycles. The van der Waals surface area contributed by atoms with E-state index in [-0.39, 0.29) is 19.4 Å². The SMILES string of the molecule is COC(=O)CC1CCCCN1S(=O)(=O)C(F)(F)F. The number of halogens is 3. The highest BCUT2D eigenvalue weighted by molar-refractivity contribution is 7.90. The first-order valence-corrected chi connectivity index (χ1v) is 6.79. The minimum Gasteiger partial charge on any atom is -0.469 e. The molecule has 0 aromatic heterocycles. The normalized spacial score (nSPS) is 22.8. The second-order valence-corrected chi connectivity index (χ2v) is 5.87. The van der Waals surface area contributed by atoms with Crippen molar-refractivity contribution in [2.24, 2.45) is 0 Å². The van der Waals surface area contributed by atoms with Crippen molar-refractivity contribution in [3.8, 4) is 0 Å². The molecule has 0 radical (unpaired) electrons. The third-order valence-electron chi connectivity index (χ3n) is 2.80. The van der Waals surface area contributed by atoms with Gasteiger partial charge in [-0.2, -0.15) is 17.5 Å². The highest BCUT2D eigenvalue weighted by Crippen LogP contribution is 2.32. The first kappa shape index (κ1) is 15.2. The van der Waals surface area contributed by atoms with Crippen LogP contribution in [-0.2, 0) is 19.6 Å². The lowest BCUT2D eigenvalue weighted by Crippen LogP contribution is -2.49. The molecule has 0 aromatic rings. The van der Waals surface area contributed by atoms with Gasteiger partial charge >= 0.3 is 21.5 Å². The van der Waals surface area contributed by atoms with Crippen LogP contribution in [0.5, 0.6) is 0 Å². The average Bonchev–Trinajstić information content (AvgIpc) is 2.28. The minimum atomic E-state index is -5.38. The lowest BCUT2D eigenvalue weighted by molar-refractivity contribution is -0.142. The number of alkyl halides is 3. The fourth-order valence-corrected chi connectivity index (χ4v) is 3.11. The van der Waals surface area contributed by atoms with Gasteiger partial charge in [0.2, 0.25) is 0 Å². The van der Waals surface area contributed by atoms with Crippen molar-refractivity contribution >= 4 is 16.0 Å². The molecule has 1 heterocycles. The topological polar surface area (TPSA) is 63.7 Å². The van der Waals surface area contributed by atoms with Gasteiger partial charge in [-0.25, -0.2) is 8.42 Å². The molecule has 1 atom stereocenters. The number of esters is 1. The third kappa shape index (κ3) is 3.14. The molecule has 18 heavy (non-hydrogen) atoms. The first-order valence-electron chi connectivity index (χ1n) is 5.35. The number of hydrogen-bond donors (Lipinski definition) is 0. The van der Waals surface area contributed by atoms with Crippen molar-refractivity contribution in [1.29, 1.82) is 0 Å². The van der Waals surface area contributed by atoms with E-state index in [4.69, 9.17) is 0 Å². The smallest absolute Gasteiger partial charge is 0.469 e. The van der Waals surface area contributed by atoms with Gasteiger partial charge in [0.1, 0.15) is 0 Å². The van der Waals surface area contributed by atoms with Crippen LogP contribution in [0.2, 0.25) is 0 Å². The summed E-state index contributed by atoms with van der Waals surface area (Å²) >= 11 is 0. The number of piperidine rings is 1. The highest BCUT2D eigenvalue weighted by atomic mass is 32.2. The molecule has 0 bridgehead atoms. The molecule has 1 saturated heterocycles. The van der Waals surface area contributed by atoms with Gasteiger partial charge in [0.25, 0.3) is 0 Å². The Labute approximate surface area is 103 Å². The van der Waals surface area contributed by atoms with Crippen molar-refractivity contribution < 1.29 is 31.1 Å². The predicted octanol–water partition coefficient (Wildman–Crippen LogP) is 1.25. The number of ether oxygens (including phenoxy) is 1. The monoisotopic (exact) mass is 289 g/mol. The molecule has 106 valence electrons. The number of carbonyl (C=O) groups is 1. The summed E-state index contributed by atoms with van der Waals surface area (Å²) in [6.45, 7) is -0.219. The van der Waals surface area contributed by atoms with Gasteiger partial charge in [-0.15, -0.1) is 0 Å². The van der Waals surface area contributed by atoms with E-state index in [1.165, 1.54) is 0 Å². The summed E-state index contributed by atoms with van der Waals surface area (Å²) in [6, 6.07) is -0.974. The number of carbonyl (C=O) groups excluding carboxylic acids is 1. The summed E-state index contributed by atoms with van der Waals surface area (Å²) in [6.07, 6.45) is 0.814. The zero-order chi connectivity index (χ0) is 14.0. The van der Waals surface area contributed by atoms with E-state index in [2.05, 4.69) is 4.74 Å². The van der Waals surface area contributed by atoms with Crippen molar-refractivity contribution in [2.45, 2.75) is 37.2 Å². The molecule has 1 aliphatic heterocycles. The van der Waals surface area contributed by atoms with Crippen molar-refractivity contribution in [2.75, 3.05) is 13.7 Å². The second-order valence-electron chi connectivity index (χ2n) is 3.99. The lowest BCUT2D eigenvalue weighted by Gasteiger charge is -2.34. The Morgan fingerprint density at radius 3 is 2.50 bits per heavy atom. The Bertz CT molecular complexity index is 407. The zero-order valence-corrected chi connectivity index (χ0v) is 10.6. The van der Waals surface area contributed by atoms with Crippen LogP contribution < -0.4 is 0 Å². The van der Waals surface area contributed by atoms with Crippen LogP contribution in [0.25, 0.3) is 0 Å². The number of nitrogens with zero attached hydrogens (tertiary/aromatic N) is 1. The summed E-state index contributed by atoms with van der Waals surface area (Å²) in [5.41, 5.74) is -5.33. The molecule has 5 nitrogen and oxygen atoms in total. The standard InChI is InChI=1S/C9H14F3NO4S/c1-17-8(14)6-7-4-2-3-5-13(7)18(15,16)9(10,11)12/h7H,2-6H2,1H3. The molecule has 1 unspecified atom stereocenters. The quantitative estimate of drug-likeness (QED) is 0.734. The Morgan fingerprint density at radius 2 is 2.00 bits per heavy atom. The molecule has 1 aliphatic rings. The van der Waals surface area contributed by atoms with Crippen LogP contribution in [0.15, 0.2) is 0 Å². The maximum Gasteiger partial charge on any atom is 0.511 e. The van der Waals surface area contributed by atoms with Crippen LogP contribution in [0, 0.1) is 0 Å². The summed E-state index contributed by atoms with van der Waals surface area (Å²) < 4.78 is 64.8. The highest BCUT2D eigenvalue weighted by Gasteiger charge is 2.52. The van der Waals surface area contributed by atoms with Gasteiger partial charge in [0.05, 0.1) is 13.5 Å². The van der Waals surface area contributed by atoms with Crippen LogP contribution >= 0.6 is 0 Å². The van der Waals surface area contributed by atoms with Gasteiger partial charge in [0.15, 0.2) is 0 Å². The van der Waals surface area contributed by atoms with Crippen molar-refractivity contribution in [1.82, 2.24) is 4.31 Å². The lowest BCUT2D eigenvalue weighted by atomic mass is 10.0. The fraction of sp³-hybridized carbons (Fsp3) is 0.889. The van der Waals surface area contributed by atoms with Crippen LogP contribution in [0.3, 0.4) is 0 Å². The minimum absolute atomic E-state index is 0.219. The largest absolute Gasteiger partial charge is 0.511 e. The van der Waals surface area contributed by atoms with E-state index >= 15 is 0 Å². The van der Waals surface area contributed by atoms with Gasteiger partial charge in [0, 0.05) is 12.6 Å². The third-order valence-corrected chi connectivity index (χ3v) is 4.49. The zero-order valence-electron chi connectivity index (χ0n) is 9.74.